The fraction of sp³-hybridized carbons (Fsp3) is 0.333. The van der Waals surface area contributed by atoms with Gasteiger partial charge >= 0.3 is 0 Å². The van der Waals surface area contributed by atoms with E-state index >= 15 is 0 Å². The molecule has 1 amide bonds. The van der Waals surface area contributed by atoms with E-state index in [1.807, 2.05) is 19.1 Å². The van der Waals surface area contributed by atoms with Crippen molar-refractivity contribution in [2.75, 3.05) is 5.32 Å². The van der Waals surface area contributed by atoms with Crippen LogP contribution in [0.15, 0.2) is 18.2 Å². The van der Waals surface area contributed by atoms with Crippen LogP contribution in [0.5, 0.6) is 0 Å². The number of carbonyl (C=O) groups excluding carboxylic acids is 2. The highest BCUT2D eigenvalue weighted by Gasteiger charge is 2.26. The predicted molar refractivity (Wildman–Crippen MR) is 57.9 cm³/mol. The van der Waals surface area contributed by atoms with Gasteiger partial charge < -0.3 is 5.32 Å². The zero-order valence-electron chi connectivity index (χ0n) is 8.83. The van der Waals surface area contributed by atoms with Crippen LogP contribution in [0.3, 0.4) is 0 Å². The molecule has 2 rings (SSSR count). The van der Waals surface area contributed by atoms with Crippen molar-refractivity contribution in [2.45, 2.75) is 20.3 Å². The molecule has 1 atom stereocenters. The SMILES string of the molecule is Cc1cccc2c1C(=O)C[C@H](C)C(=O)N2. The monoisotopic (exact) mass is 203 g/mol. The summed E-state index contributed by atoms with van der Waals surface area (Å²) in [4.78, 5) is 23.5. The van der Waals surface area contributed by atoms with Crippen LogP contribution in [0.25, 0.3) is 0 Å². The van der Waals surface area contributed by atoms with Gasteiger partial charge in [0.25, 0.3) is 0 Å². The van der Waals surface area contributed by atoms with Crippen molar-refractivity contribution in [2.24, 2.45) is 5.92 Å². The van der Waals surface area contributed by atoms with Gasteiger partial charge in [0.15, 0.2) is 5.78 Å². The Kier molecular flexibility index (Phi) is 2.31. The Morgan fingerprint density at radius 2 is 2.07 bits per heavy atom. The van der Waals surface area contributed by atoms with Gasteiger partial charge in [0.1, 0.15) is 0 Å². The van der Waals surface area contributed by atoms with E-state index in [9.17, 15) is 9.59 Å². The molecule has 15 heavy (non-hydrogen) atoms. The van der Waals surface area contributed by atoms with Crippen LogP contribution in [0, 0.1) is 12.8 Å². The van der Waals surface area contributed by atoms with Crippen molar-refractivity contribution in [1.82, 2.24) is 0 Å². The number of carbonyl (C=O) groups is 2. The minimum atomic E-state index is -0.246. The van der Waals surface area contributed by atoms with E-state index in [0.717, 1.165) is 5.56 Å². The van der Waals surface area contributed by atoms with Gasteiger partial charge in [-0.15, -0.1) is 0 Å². The molecule has 0 aliphatic carbocycles. The summed E-state index contributed by atoms with van der Waals surface area (Å²) in [6.45, 7) is 3.66. The average molecular weight is 203 g/mol. The predicted octanol–water partition coefficient (Wildman–Crippen LogP) is 2.16. The van der Waals surface area contributed by atoms with Crippen LogP contribution in [0.2, 0.25) is 0 Å². The third-order valence-corrected chi connectivity index (χ3v) is 2.75. The molecule has 0 unspecified atom stereocenters. The Labute approximate surface area is 88.5 Å². The molecule has 0 aromatic heterocycles. The highest BCUT2D eigenvalue weighted by molar-refractivity contribution is 6.10. The fourth-order valence-electron chi connectivity index (χ4n) is 1.87. The first-order valence-corrected chi connectivity index (χ1v) is 5.03. The van der Waals surface area contributed by atoms with Crippen LogP contribution in [0.4, 0.5) is 5.69 Å². The number of fused-ring (bicyclic) bond motifs is 1. The summed E-state index contributed by atoms with van der Waals surface area (Å²) in [6.07, 6.45) is 0.295. The Morgan fingerprint density at radius 1 is 1.33 bits per heavy atom. The molecule has 0 radical (unpaired) electrons. The summed E-state index contributed by atoms with van der Waals surface area (Å²) < 4.78 is 0. The standard InChI is InChI=1S/C12H13NO2/c1-7-4-3-5-9-11(7)10(14)6-8(2)12(15)13-9/h3-5,8H,6H2,1-2H3,(H,13,15)/t8-/m0/s1. The molecule has 1 aromatic carbocycles. The van der Waals surface area contributed by atoms with E-state index in [4.69, 9.17) is 0 Å². The van der Waals surface area contributed by atoms with Gasteiger partial charge in [0.05, 0.1) is 5.69 Å². The maximum Gasteiger partial charge on any atom is 0.227 e. The van der Waals surface area contributed by atoms with Crippen molar-refractivity contribution in [3.63, 3.8) is 0 Å². The zero-order valence-corrected chi connectivity index (χ0v) is 8.83. The van der Waals surface area contributed by atoms with Crippen molar-refractivity contribution in [1.29, 1.82) is 0 Å². The van der Waals surface area contributed by atoms with Crippen LogP contribution in [0.1, 0.15) is 29.3 Å². The molecule has 1 aromatic rings. The minimum absolute atomic E-state index is 0.0500. The van der Waals surface area contributed by atoms with Gasteiger partial charge in [-0.3, -0.25) is 9.59 Å². The number of benzene rings is 1. The highest BCUT2D eigenvalue weighted by atomic mass is 16.2. The smallest absolute Gasteiger partial charge is 0.227 e. The van der Waals surface area contributed by atoms with Crippen LogP contribution >= 0.6 is 0 Å². The van der Waals surface area contributed by atoms with Crippen LogP contribution in [-0.4, -0.2) is 11.7 Å². The fourth-order valence-corrected chi connectivity index (χ4v) is 1.87. The maximum absolute atomic E-state index is 11.9. The second kappa shape index (κ2) is 3.50. The molecule has 3 nitrogen and oxygen atoms in total. The summed E-state index contributed by atoms with van der Waals surface area (Å²) in [6, 6.07) is 5.51. The van der Waals surface area contributed by atoms with E-state index in [-0.39, 0.29) is 17.6 Å². The summed E-state index contributed by atoms with van der Waals surface area (Å²) in [5.74, 6) is -0.272. The number of rotatable bonds is 0. The molecule has 1 aliphatic rings. The lowest BCUT2D eigenvalue weighted by Gasteiger charge is -2.07. The molecular weight excluding hydrogens is 190 g/mol. The minimum Gasteiger partial charge on any atom is -0.325 e. The molecule has 0 bridgehead atoms. The van der Waals surface area contributed by atoms with Crippen molar-refractivity contribution in [3.05, 3.63) is 29.3 Å². The first-order valence-electron chi connectivity index (χ1n) is 5.03. The molecule has 0 saturated carbocycles. The van der Waals surface area contributed by atoms with Gasteiger partial charge in [-0.1, -0.05) is 19.1 Å². The quantitative estimate of drug-likeness (QED) is 0.702. The van der Waals surface area contributed by atoms with Gasteiger partial charge in [-0.2, -0.15) is 0 Å². The summed E-state index contributed by atoms with van der Waals surface area (Å²) in [5.41, 5.74) is 2.23. The number of aryl methyl sites for hydroxylation is 1. The van der Waals surface area contributed by atoms with Gasteiger partial charge in [0.2, 0.25) is 5.91 Å². The molecule has 3 heteroatoms. The lowest BCUT2D eigenvalue weighted by atomic mass is 9.98. The molecule has 78 valence electrons. The van der Waals surface area contributed by atoms with Crippen LogP contribution in [-0.2, 0) is 4.79 Å². The molecule has 1 heterocycles. The molecule has 1 N–H and O–H groups in total. The summed E-state index contributed by atoms with van der Waals surface area (Å²) >= 11 is 0. The number of hydrogen-bond acceptors (Lipinski definition) is 2. The van der Waals surface area contributed by atoms with Crippen molar-refractivity contribution >= 4 is 17.4 Å². The van der Waals surface area contributed by atoms with E-state index in [1.54, 1.807) is 13.0 Å². The van der Waals surface area contributed by atoms with E-state index in [1.165, 1.54) is 0 Å². The Bertz CT molecular complexity index is 437. The lowest BCUT2D eigenvalue weighted by Crippen LogP contribution is -2.18. The Morgan fingerprint density at radius 3 is 2.80 bits per heavy atom. The van der Waals surface area contributed by atoms with Gasteiger partial charge in [-0.25, -0.2) is 0 Å². The second-order valence-corrected chi connectivity index (χ2v) is 4.02. The largest absolute Gasteiger partial charge is 0.325 e. The van der Waals surface area contributed by atoms with Crippen molar-refractivity contribution in [3.8, 4) is 0 Å². The number of amides is 1. The van der Waals surface area contributed by atoms with Gasteiger partial charge in [-0.05, 0) is 18.6 Å². The Balaban J connectivity index is 2.56. The second-order valence-electron chi connectivity index (χ2n) is 4.02. The summed E-state index contributed by atoms with van der Waals surface area (Å²) in [7, 11) is 0. The molecule has 0 fully saturated rings. The number of Topliss-reactive ketones (excluding diaryl/α,β-unsaturated/α-hetero) is 1. The Hall–Kier alpha value is -1.64. The normalized spacial score (nSPS) is 20.5. The first-order chi connectivity index (χ1) is 7.09. The number of hydrogen-bond donors (Lipinski definition) is 1. The third kappa shape index (κ3) is 1.65. The number of nitrogens with one attached hydrogen (secondary N) is 1. The van der Waals surface area contributed by atoms with Crippen molar-refractivity contribution < 1.29 is 9.59 Å². The molecule has 0 spiro atoms. The average Bonchev–Trinajstić information content (AvgIpc) is 2.26. The topological polar surface area (TPSA) is 46.2 Å². The first kappa shape index (κ1) is 9.90. The highest BCUT2D eigenvalue weighted by Crippen LogP contribution is 2.26. The lowest BCUT2D eigenvalue weighted by molar-refractivity contribution is -0.119. The summed E-state index contributed by atoms with van der Waals surface area (Å²) in [5, 5.41) is 2.78. The molecule has 1 aliphatic heterocycles. The molecular formula is C12H13NO2. The zero-order chi connectivity index (χ0) is 11.0. The maximum atomic E-state index is 11.9. The number of ketones is 1. The number of anilines is 1. The van der Waals surface area contributed by atoms with E-state index in [0.29, 0.717) is 17.7 Å². The van der Waals surface area contributed by atoms with Crippen LogP contribution < -0.4 is 5.32 Å². The molecule has 0 saturated heterocycles. The van der Waals surface area contributed by atoms with E-state index < -0.39 is 0 Å². The third-order valence-electron chi connectivity index (χ3n) is 2.75. The van der Waals surface area contributed by atoms with E-state index in [2.05, 4.69) is 5.32 Å². The van der Waals surface area contributed by atoms with Gasteiger partial charge in [0, 0.05) is 17.9 Å².